The van der Waals surface area contributed by atoms with Crippen molar-refractivity contribution in [2.75, 3.05) is 0 Å². The fourth-order valence-electron chi connectivity index (χ4n) is 5.62. The maximum absolute atomic E-state index is 14.2. The first-order valence-corrected chi connectivity index (χ1v) is 13.0. The van der Waals surface area contributed by atoms with Crippen LogP contribution in [0, 0.1) is 17.7 Å². The average Bonchev–Trinajstić information content (AvgIpc) is 3.64. The summed E-state index contributed by atoms with van der Waals surface area (Å²) in [7, 11) is 0. The molecule has 1 fully saturated rings. The molecule has 2 amide bonds. The first-order valence-electron chi connectivity index (χ1n) is 13.0. The number of hydrogen-bond acceptors (Lipinski definition) is 7. The van der Waals surface area contributed by atoms with Crippen molar-refractivity contribution in [3.63, 3.8) is 0 Å². The Balaban J connectivity index is 1.43. The number of rotatable bonds is 6. The molecule has 4 N–H and O–H groups in total. The van der Waals surface area contributed by atoms with Crippen LogP contribution in [0.3, 0.4) is 0 Å². The number of aliphatic hydroxyl groups excluding tert-OH is 1. The lowest BCUT2D eigenvalue weighted by Gasteiger charge is -2.42. The molecule has 2 aromatic rings. The summed E-state index contributed by atoms with van der Waals surface area (Å²) < 4.78 is 20.2. The molecule has 0 spiro atoms. The molecule has 38 heavy (non-hydrogen) atoms. The van der Waals surface area contributed by atoms with Gasteiger partial charge in [0.1, 0.15) is 23.3 Å². The minimum atomic E-state index is -0.986. The van der Waals surface area contributed by atoms with Crippen molar-refractivity contribution in [2.24, 2.45) is 22.6 Å². The molecule has 1 saturated carbocycles. The number of halogens is 1. The van der Waals surface area contributed by atoms with E-state index in [0.717, 1.165) is 6.20 Å². The van der Waals surface area contributed by atoms with Gasteiger partial charge in [-0.2, -0.15) is 0 Å². The number of hydrogen-bond donors (Lipinski definition) is 3. The van der Waals surface area contributed by atoms with Gasteiger partial charge in [-0.05, 0) is 57.2 Å². The molecule has 2 aliphatic heterocycles. The monoisotopic (exact) mass is 523 g/mol. The van der Waals surface area contributed by atoms with Crippen molar-refractivity contribution in [2.45, 2.75) is 76.3 Å². The second-order valence-corrected chi connectivity index (χ2v) is 11.3. The minimum absolute atomic E-state index is 0.0569. The minimum Gasteiger partial charge on any atom is -0.485 e. The normalized spacial score (nSPS) is 30.5. The quantitative estimate of drug-likeness (QED) is 0.534. The third-order valence-corrected chi connectivity index (χ3v) is 8.07. The third kappa shape index (κ3) is 4.62. The van der Waals surface area contributed by atoms with Crippen LogP contribution >= 0.6 is 0 Å². The van der Waals surface area contributed by atoms with E-state index in [1.807, 2.05) is 38.1 Å². The SMILES string of the molecule is CC[C@]1(C)CC(=O)N([C@H](c2cncc(F)c2)C2C[C@H]2C(=O)N[C@@H]2c3ccccc3OC(C)(C)[C@H]2O)C(N)=N1. The van der Waals surface area contributed by atoms with Crippen LogP contribution in [-0.4, -0.2) is 50.0 Å². The van der Waals surface area contributed by atoms with E-state index < -0.39 is 41.1 Å². The number of aliphatic hydroxyl groups is 1. The molecule has 0 bridgehead atoms. The van der Waals surface area contributed by atoms with Crippen LogP contribution in [-0.2, 0) is 9.59 Å². The van der Waals surface area contributed by atoms with Crippen molar-refractivity contribution < 1.29 is 23.8 Å². The molecule has 202 valence electrons. The molecule has 0 radical (unpaired) electrons. The van der Waals surface area contributed by atoms with Gasteiger partial charge in [-0.1, -0.05) is 25.1 Å². The Morgan fingerprint density at radius 2 is 2.05 bits per heavy atom. The highest BCUT2D eigenvalue weighted by Gasteiger charge is 2.54. The fraction of sp³-hybridized carbons (Fsp3) is 0.500. The predicted molar refractivity (Wildman–Crippen MR) is 138 cm³/mol. The van der Waals surface area contributed by atoms with Gasteiger partial charge in [0.05, 0.1) is 30.2 Å². The van der Waals surface area contributed by atoms with E-state index in [-0.39, 0.29) is 30.1 Å². The zero-order valence-corrected chi connectivity index (χ0v) is 22.0. The number of fused-ring (bicyclic) bond motifs is 1. The van der Waals surface area contributed by atoms with E-state index in [4.69, 9.17) is 10.5 Å². The predicted octanol–water partition coefficient (Wildman–Crippen LogP) is 3.00. The van der Waals surface area contributed by atoms with E-state index in [9.17, 15) is 19.1 Å². The van der Waals surface area contributed by atoms with Crippen molar-refractivity contribution in [1.82, 2.24) is 15.2 Å². The highest BCUT2D eigenvalue weighted by Crippen LogP contribution is 2.52. The number of benzene rings is 1. The summed E-state index contributed by atoms with van der Waals surface area (Å²) in [6.07, 6.45) is 2.86. The number of nitrogens with zero attached hydrogens (tertiary/aromatic N) is 3. The van der Waals surface area contributed by atoms with Crippen LogP contribution in [0.15, 0.2) is 47.7 Å². The molecule has 1 aromatic heterocycles. The van der Waals surface area contributed by atoms with Crippen LogP contribution in [0.4, 0.5) is 4.39 Å². The Hall–Kier alpha value is -3.53. The van der Waals surface area contributed by atoms with Crippen LogP contribution in [0.2, 0.25) is 0 Å². The molecule has 5 rings (SSSR count). The Bertz CT molecular complexity index is 1300. The average molecular weight is 524 g/mol. The summed E-state index contributed by atoms with van der Waals surface area (Å²) in [4.78, 5) is 36.9. The number of nitrogens with one attached hydrogen (secondary N) is 1. The Labute approximate surface area is 221 Å². The van der Waals surface area contributed by atoms with Gasteiger partial charge in [0, 0.05) is 17.7 Å². The van der Waals surface area contributed by atoms with E-state index in [1.165, 1.54) is 17.2 Å². The Morgan fingerprint density at radius 1 is 1.32 bits per heavy atom. The summed E-state index contributed by atoms with van der Waals surface area (Å²) in [5.41, 5.74) is 5.95. The second-order valence-electron chi connectivity index (χ2n) is 11.3. The van der Waals surface area contributed by atoms with Crippen molar-refractivity contribution in [3.05, 3.63) is 59.7 Å². The number of para-hydroxylation sites is 1. The van der Waals surface area contributed by atoms with Gasteiger partial charge in [0.15, 0.2) is 5.96 Å². The molecule has 1 aromatic carbocycles. The number of guanidine groups is 1. The second kappa shape index (κ2) is 9.34. The zero-order chi connectivity index (χ0) is 27.4. The van der Waals surface area contributed by atoms with Gasteiger partial charge in [0.25, 0.3) is 0 Å². The van der Waals surface area contributed by atoms with Gasteiger partial charge >= 0.3 is 0 Å². The highest BCUT2D eigenvalue weighted by molar-refractivity contribution is 5.99. The number of amides is 2. The number of aromatic nitrogens is 1. The number of pyridine rings is 1. The van der Waals surface area contributed by atoms with Crippen LogP contribution < -0.4 is 15.8 Å². The summed E-state index contributed by atoms with van der Waals surface area (Å²) in [5, 5.41) is 14.1. The first kappa shape index (κ1) is 26.1. The molecule has 6 atom stereocenters. The van der Waals surface area contributed by atoms with Gasteiger partial charge in [0.2, 0.25) is 11.8 Å². The Morgan fingerprint density at radius 3 is 2.74 bits per heavy atom. The van der Waals surface area contributed by atoms with Gasteiger partial charge in [-0.3, -0.25) is 19.5 Å². The van der Waals surface area contributed by atoms with E-state index in [0.29, 0.717) is 29.7 Å². The van der Waals surface area contributed by atoms with Crippen molar-refractivity contribution in [3.8, 4) is 5.75 Å². The smallest absolute Gasteiger partial charge is 0.232 e. The number of carbonyl (C=O) groups is 2. The number of carbonyl (C=O) groups excluding carboxylic acids is 2. The van der Waals surface area contributed by atoms with Gasteiger partial charge in [-0.25, -0.2) is 9.38 Å². The molecule has 1 unspecified atom stereocenters. The number of nitrogens with two attached hydrogens (primary N) is 1. The molecular formula is C28H34FN5O4. The summed E-state index contributed by atoms with van der Waals surface area (Å²) in [6, 6.07) is 7.24. The first-order chi connectivity index (χ1) is 17.9. The van der Waals surface area contributed by atoms with Gasteiger partial charge in [-0.15, -0.1) is 0 Å². The molecule has 0 saturated heterocycles. The zero-order valence-electron chi connectivity index (χ0n) is 22.0. The molecular weight excluding hydrogens is 489 g/mol. The van der Waals surface area contributed by atoms with Gasteiger partial charge < -0.3 is 20.9 Å². The lowest BCUT2D eigenvalue weighted by atomic mass is 9.86. The highest BCUT2D eigenvalue weighted by atomic mass is 19.1. The maximum Gasteiger partial charge on any atom is 0.232 e. The standard InChI is InChI=1S/C28H34FN5O4/c1-5-28(4)12-21(35)34(26(30)33-28)23(15-10-16(29)14-31-13-15)18-11-19(18)25(37)32-22-17-8-6-7-9-20(17)38-27(2,3)24(22)36/h6-10,13-14,18-19,22-24,36H,5,11-12H2,1-4H3,(H2,30,33)(H,32,37)/t18?,19-,22-,23-,24+,28-/m1/s1. The number of aliphatic imine (C=N–C) groups is 1. The molecule has 3 heterocycles. The molecule has 10 heteroatoms. The fourth-order valence-corrected chi connectivity index (χ4v) is 5.62. The van der Waals surface area contributed by atoms with Crippen LogP contribution in [0.25, 0.3) is 0 Å². The third-order valence-electron chi connectivity index (χ3n) is 8.07. The maximum atomic E-state index is 14.2. The van der Waals surface area contributed by atoms with Crippen molar-refractivity contribution in [1.29, 1.82) is 0 Å². The van der Waals surface area contributed by atoms with Crippen LogP contribution in [0.5, 0.6) is 5.75 Å². The van der Waals surface area contributed by atoms with Crippen molar-refractivity contribution >= 4 is 17.8 Å². The summed E-state index contributed by atoms with van der Waals surface area (Å²) in [5.74, 6) is -1.18. The van der Waals surface area contributed by atoms with Crippen LogP contribution in [0.1, 0.15) is 70.2 Å². The lowest BCUT2D eigenvalue weighted by molar-refractivity contribution is -0.133. The summed E-state index contributed by atoms with van der Waals surface area (Å²) >= 11 is 0. The topological polar surface area (TPSA) is 130 Å². The Kier molecular flexibility index (Phi) is 6.41. The molecule has 3 aliphatic rings. The molecule has 1 aliphatic carbocycles. The van der Waals surface area contributed by atoms with E-state index >= 15 is 0 Å². The number of ether oxygens (including phenoxy) is 1. The largest absolute Gasteiger partial charge is 0.485 e. The summed E-state index contributed by atoms with van der Waals surface area (Å²) in [6.45, 7) is 7.36. The molecule has 9 nitrogen and oxygen atoms in total. The van der Waals surface area contributed by atoms with E-state index in [1.54, 1.807) is 13.8 Å². The van der Waals surface area contributed by atoms with E-state index in [2.05, 4.69) is 15.3 Å². The lowest BCUT2D eigenvalue weighted by Crippen LogP contribution is -2.54.